The first-order valence-corrected chi connectivity index (χ1v) is 11.2. The summed E-state index contributed by atoms with van der Waals surface area (Å²) in [6, 6.07) is 0. The molecule has 0 amide bonds. The van der Waals surface area contributed by atoms with Crippen LogP contribution in [0.1, 0.15) is 84.0 Å². The molecule has 0 aromatic heterocycles. The van der Waals surface area contributed by atoms with E-state index in [1.165, 1.54) is 64.2 Å². The quantitative estimate of drug-likeness (QED) is 0.577. The topological polar surface area (TPSA) is 20.2 Å². The number of hydrogen-bond acceptors (Lipinski definition) is 1. The van der Waals surface area contributed by atoms with Crippen LogP contribution in [0.2, 0.25) is 0 Å². The standard InChI is InChI=1S/C24H36O/c1-24-14-13-20-19-10-8-18(25)15-17(19)7-9-21(20)23(24)12-11-22(24)16-5-3-2-4-6-16/h7,11,16,18-21,23,25H,2-6,8-10,12-15H2,1H3/t18-,19-,20+,21+,23-,24+/m0/s1. The summed E-state index contributed by atoms with van der Waals surface area (Å²) >= 11 is 0. The van der Waals surface area contributed by atoms with Crippen LogP contribution >= 0.6 is 0 Å². The molecule has 3 saturated carbocycles. The summed E-state index contributed by atoms with van der Waals surface area (Å²) in [4.78, 5) is 0. The summed E-state index contributed by atoms with van der Waals surface area (Å²) < 4.78 is 0. The van der Waals surface area contributed by atoms with Crippen molar-refractivity contribution in [3.05, 3.63) is 23.3 Å². The lowest BCUT2D eigenvalue weighted by atomic mass is 9.51. The van der Waals surface area contributed by atoms with E-state index in [1.54, 1.807) is 5.57 Å². The van der Waals surface area contributed by atoms with Crippen LogP contribution in [0.4, 0.5) is 0 Å². The van der Waals surface area contributed by atoms with Crippen LogP contribution in [-0.4, -0.2) is 11.2 Å². The Labute approximate surface area is 154 Å². The SMILES string of the molecule is C[C@]12CC[C@H]3[C@@H](CC=C4C[C@@H](O)CC[C@@H]43)[C@@H]1CC=C2C1CCCCC1. The Kier molecular flexibility index (Phi) is 4.15. The van der Waals surface area contributed by atoms with Crippen molar-refractivity contribution in [2.75, 3.05) is 0 Å². The molecule has 1 nitrogen and oxygen atoms in total. The van der Waals surface area contributed by atoms with Crippen LogP contribution in [0.25, 0.3) is 0 Å². The van der Waals surface area contributed by atoms with Crippen molar-refractivity contribution in [1.82, 2.24) is 0 Å². The minimum absolute atomic E-state index is 0.0565. The van der Waals surface area contributed by atoms with E-state index in [1.807, 2.05) is 5.57 Å². The molecular weight excluding hydrogens is 304 g/mol. The third-order valence-corrected chi connectivity index (χ3v) is 9.11. The molecule has 0 spiro atoms. The van der Waals surface area contributed by atoms with Gasteiger partial charge >= 0.3 is 0 Å². The van der Waals surface area contributed by atoms with Gasteiger partial charge in [-0.3, -0.25) is 0 Å². The molecule has 1 N–H and O–H groups in total. The van der Waals surface area contributed by atoms with Gasteiger partial charge in [0, 0.05) is 0 Å². The van der Waals surface area contributed by atoms with Gasteiger partial charge < -0.3 is 5.11 Å². The normalized spacial score (nSPS) is 47.4. The van der Waals surface area contributed by atoms with E-state index < -0.39 is 0 Å². The Bertz CT molecular complexity index is 581. The van der Waals surface area contributed by atoms with Crippen molar-refractivity contribution in [1.29, 1.82) is 0 Å². The molecule has 5 rings (SSSR count). The van der Waals surface area contributed by atoms with Crippen molar-refractivity contribution >= 4 is 0 Å². The van der Waals surface area contributed by atoms with E-state index in [4.69, 9.17) is 0 Å². The Balaban J connectivity index is 1.38. The van der Waals surface area contributed by atoms with E-state index in [-0.39, 0.29) is 6.10 Å². The minimum Gasteiger partial charge on any atom is -0.393 e. The number of allylic oxidation sites excluding steroid dienone is 3. The van der Waals surface area contributed by atoms with Crippen LogP contribution in [-0.2, 0) is 0 Å². The summed E-state index contributed by atoms with van der Waals surface area (Å²) in [5.74, 6) is 4.47. The first-order chi connectivity index (χ1) is 12.2. The van der Waals surface area contributed by atoms with Crippen LogP contribution in [0.15, 0.2) is 23.3 Å². The number of rotatable bonds is 1. The predicted molar refractivity (Wildman–Crippen MR) is 103 cm³/mol. The van der Waals surface area contributed by atoms with Crippen molar-refractivity contribution < 1.29 is 5.11 Å². The van der Waals surface area contributed by atoms with Gasteiger partial charge in [-0.25, -0.2) is 0 Å². The Morgan fingerprint density at radius 3 is 2.60 bits per heavy atom. The van der Waals surface area contributed by atoms with Crippen LogP contribution in [0.5, 0.6) is 0 Å². The second-order valence-electron chi connectivity index (χ2n) is 10.2. The van der Waals surface area contributed by atoms with Gasteiger partial charge in [-0.2, -0.15) is 0 Å². The van der Waals surface area contributed by atoms with Gasteiger partial charge in [-0.1, -0.05) is 49.5 Å². The fourth-order valence-electron chi connectivity index (χ4n) is 7.90. The predicted octanol–water partition coefficient (Wildman–Crippen LogP) is 6.04. The maximum Gasteiger partial charge on any atom is 0.0577 e. The fourth-order valence-corrected chi connectivity index (χ4v) is 7.90. The van der Waals surface area contributed by atoms with Crippen LogP contribution in [0, 0.1) is 35.0 Å². The van der Waals surface area contributed by atoms with Gasteiger partial charge in [0.25, 0.3) is 0 Å². The van der Waals surface area contributed by atoms with Crippen molar-refractivity contribution in [2.45, 2.75) is 90.1 Å². The van der Waals surface area contributed by atoms with Crippen LogP contribution in [0.3, 0.4) is 0 Å². The number of aliphatic hydroxyl groups is 1. The Morgan fingerprint density at radius 1 is 0.920 bits per heavy atom. The summed E-state index contributed by atoms with van der Waals surface area (Å²) in [5, 5.41) is 10.1. The molecule has 5 aliphatic carbocycles. The second kappa shape index (κ2) is 6.25. The van der Waals surface area contributed by atoms with E-state index in [0.717, 1.165) is 42.4 Å². The number of hydrogen-bond donors (Lipinski definition) is 1. The number of fused-ring (bicyclic) bond motifs is 5. The van der Waals surface area contributed by atoms with Gasteiger partial charge in [0.1, 0.15) is 0 Å². The fraction of sp³-hybridized carbons (Fsp3) is 0.833. The molecule has 3 fully saturated rings. The van der Waals surface area contributed by atoms with Crippen molar-refractivity contribution in [3.63, 3.8) is 0 Å². The molecule has 25 heavy (non-hydrogen) atoms. The molecule has 0 bridgehead atoms. The molecule has 0 saturated heterocycles. The Morgan fingerprint density at radius 2 is 1.76 bits per heavy atom. The van der Waals surface area contributed by atoms with E-state index in [2.05, 4.69) is 19.1 Å². The monoisotopic (exact) mass is 340 g/mol. The van der Waals surface area contributed by atoms with Gasteiger partial charge in [-0.15, -0.1) is 0 Å². The Hall–Kier alpha value is -0.560. The molecular formula is C24H36O. The van der Waals surface area contributed by atoms with Crippen LogP contribution < -0.4 is 0 Å². The molecule has 6 atom stereocenters. The second-order valence-corrected chi connectivity index (χ2v) is 10.2. The zero-order chi connectivity index (χ0) is 17.0. The summed E-state index contributed by atoms with van der Waals surface area (Å²) in [5.41, 5.74) is 4.04. The molecule has 5 aliphatic rings. The van der Waals surface area contributed by atoms with Gasteiger partial charge in [-0.05, 0) is 92.8 Å². The lowest BCUT2D eigenvalue weighted by molar-refractivity contribution is 0.00607. The highest BCUT2D eigenvalue weighted by Gasteiger charge is 2.54. The average Bonchev–Trinajstić information content (AvgIpc) is 2.99. The molecule has 0 radical (unpaired) electrons. The zero-order valence-corrected chi connectivity index (χ0v) is 16.1. The highest BCUT2D eigenvalue weighted by atomic mass is 16.3. The highest BCUT2D eigenvalue weighted by molar-refractivity contribution is 5.29. The molecule has 138 valence electrons. The van der Waals surface area contributed by atoms with Gasteiger partial charge in [0.05, 0.1) is 6.10 Å². The highest BCUT2D eigenvalue weighted by Crippen LogP contribution is 2.63. The number of aliphatic hydroxyl groups excluding tert-OH is 1. The maximum atomic E-state index is 10.1. The first kappa shape index (κ1) is 16.6. The van der Waals surface area contributed by atoms with E-state index >= 15 is 0 Å². The third-order valence-electron chi connectivity index (χ3n) is 9.11. The molecule has 0 aliphatic heterocycles. The molecule has 0 unspecified atom stereocenters. The lowest BCUT2D eigenvalue weighted by Crippen LogP contribution is -2.46. The first-order valence-electron chi connectivity index (χ1n) is 11.2. The summed E-state index contributed by atoms with van der Waals surface area (Å²) in [6.07, 6.45) is 21.4. The van der Waals surface area contributed by atoms with Crippen molar-refractivity contribution in [2.24, 2.45) is 35.0 Å². The van der Waals surface area contributed by atoms with E-state index in [9.17, 15) is 5.11 Å². The van der Waals surface area contributed by atoms with Crippen molar-refractivity contribution in [3.8, 4) is 0 Å². The summed E-state index contributed by atoms with van der Waals surface area (Å²) in [7, 11) is 0. The lowest BCUT2D eigenvalue weighted by Gasteiger charge is -2.54. The average molecular weight is 341 g/mol. The smallest absolute Gasteiger partial charge is 0.0577 e. The zero-order valence-electron chi connectivity index (χ0n) is 16.1. The molecule has 0 aromatic rings. The molecule has 0 heterocycles. The molecule has 0 aromatic carbocycles. The largest absolute Gasteiger partial charge is 0.393 e. The summed E-state index contributed by atoms with van der Waals surface area (Å²) in [6.45, 7) is 2.64. The van der Waals surface area contributed by atoms with Gasteiger partial charge in [0.15, 0.2) is 0 Å². The maximum absolute atomic E-state index is 10.1. The molecule has 1 heteroatoms. The third kappa shape index (κ3) is 2.59. The minimum atomic E-state index is -0.0565. The van der Waals surface area contributed by atoms with Gasteiger partial charge in [0.2, 0.25) is 0 Å². The van der Waals surface area contributed by atoms with E-state index in [0.29, 0.717) is 5.41 Å².